The first-order chi connectivity index (χ1) is 8.59. The van der Waals surface area contributed by atoms with E-state index in [1.165, 1.54) is 27.0 Å². The second-order valence-electron chi connectivity index (χ2n) is 4.69. The Balaban J connectivity index is 3.01. The molecule has 19 heavy (non-hydrogen) atoms. The van der Waals surface area contributed by atoms with Crippen LogP contribution < -0.4 is 15.8 Å². The van der Waals surface area contributed by atoms with E-state index in [9.17, 15) is 13.2 Å². The Morgan fingerprint density at radius 1 is 1.37 bits per heavy atom. The van der Waals surface area contributed by atoms with Crippen molar-refractivity contribution in [2.45, 2.75) is 18.6 Å². The van der Waals surface area contributed by atoms with Crippen LogP contribution in [0.25, 0.3) is 0 Å². The van der Waals surface area contributed by atoms with Gasteiger partial charge in [0.2, 0.25) is 5.91 Å². The first-order valence-electron chi connectivity index (χ1n) is 5.54. The van der Waals surface area contributed by atoms with Gasteiger partial charge in [0.1, 0.15) is 10.5 Å². The molecule has 0 atom stereocenters. The molecule has 1 amide bonds. The van der Waals surface area contributed by atoms with Crippen LogP contribution in [0.2, 0.25) is 0 Å². The van der Waals surface area contributed by atoms with Crippen LogP contribution in [0.1, 0.15) is 13.8 Å². The summed E-state index contributed by atoms with van der Waals surface area (Å²) in [6, 6.07) is 4.68. The molecule has 0 saturated heterocycles. The summed E-state index contributed by atoms with van der Waals surface area (Å²) in [5.41, 5.74) is 6.51. The quantitative estimate of drug-likeness (QED) is 0.806. The highest BCUT2D eigenvalue weighted by atomic mass is 32.2. The van der Waals surface area contributed by atoms with Crippen LogP contribution >= 0.6 is 0 Å². The van der Waals surface area contributed by atoms with Crippen LogP contribution in [0.5, 0.6) is 5.75 Å². The third kappa shape index (κ3) is 3.17. The summed E-state index contributed by atoms with van der Waals surface area (Å²) in [4.78, 5) is 12.0. The zero-order valence-corrected chi connectivity index (χ0v) is 12.2. The van der Waals surface area contributed by atoms with Gasteiger partial charge in [-0.1, -0.05) is 0 Å². The highest BCUT2D eigenvalue weighted by Crippen LogP contribution is 2.26. The molecule has 0 spiro atoms. The summed E-state index contributed by atoms with van der Waals surface area (Å²) in [7, 11) is -2.06. The monoisotopic (exact) mass is 286 g/mol. The van der Waals surface area contributed by atoms with Gasteiger partial charge in [0.15, 0.2) is 9.84 Å². The normalized spacial score (nSPS) is 12.0. The van der Waals surface area contributed by atoms with Crippen molar-refractivity contribution < 1.29 is 17.9 Å². The number of amides is 1. The lowest BCUT2D eigenvalue weighted by Crippen LogP contribution is -2.43. The number of ether oxygens (including phenoxy) is 1. The number of benzene rings is 1. The Morgan fingerprint density at radius 2 is 1.95 bits per heavy atom. The molecule has 0 aliphatic heterocycles. The number of nitrogens with two attached hydrogens (primary N) is 1. The van der Waals surface area contributed by atoms with Gasteiger partial charge < -0.3 is 15.8 Å². The highest BCUT2D eigenvalue weighted by molar-refractivity contribution is 7.92. The molecule has 1 aromatic carbocycles. The van der Waals surface area contributed by atoms with Crippen molar-refractivity contribution in [3.8, 4) is 5.75 Å². The van der Waals surface area contributed by atoms with Crippen LogP contribution in [-0.4, -0.2) is 32.4 Å². The lowest BCUT2D eigenvalue weighted by atomic mass is 10.2. The molecule has 1 rings (SSSR count). The number of rotatable bonds is 4. The van der Waals surface area contributed by atoms with E-state index in [2.05, 4.69) is 5.32 Å². The largest absolute Gasteiger partial charge is 0.495 e. The van der Waals surface area contributed by atoms with Gasteiger partial charge in [0, 0.05) is 18.0 Å². The van der Waals surface area contributed by atoms with Crippen molar-refractivity contribution >= 4 is 27.1 Å². The number of hydrogen-bond donors (Lipinski definition) is 2. The van der Waals surface area contributed by atoms with Crippen LogP contribution in [0.4, 0.5) is 11.4 Å². The molecule has 0 radical (unpaired) electrons. The van der Waals surface area contributed by atoms with Gasteiger partial charge >= 0.3 is 0 Å². The molecule has 0 aromatic heterocycles. The molecule has 0 aliphatic carbocycles. The smallest absolute Gasteiger partial charge is 0.245 e. The van der Waals surface area contributed by atoms with Crippen LogP contribution in [0, 0.1) is 0 Å². The maximum atomic E-state index is 12.0. The zero-order valence-electron chi connectivity index (χ0n) is 11.4. The summed E-state index contributed by atoms with van der Waals surface area (Å²) >= 11 is 0. The Labute approximate surface area is 112 Å². The Morgan fingerprint density at radius 3 is 2.42 bits per heavy atom. The lowest BCUT2D eigenvalue weighted by Gasteiger charge is -2.21. The molecule has 106 valence electrons. The number of hydrogen-bond acceptors (Lipinski definition) is 5. The van der Waals surface area contributed by atoms with Crippen molar-refractivity contribution in [2.75, 3.05) is 24.4 Å². The molecule has 0 fully saturated rings. The van der Waals surface area contributed by atoms with Crippen molar-refractivity contribution in [3.63, 3.8) is 0 Å². The predicted octanol–water partition coefficient (Wildman–Crippen LogP) is 1.04. The average molecular weight is 286 g/mol. The summed E-state index contributed by atoms with van der Waals surface area (Å²) in [5.74, 6) is -0.197. The third-order valence-electron chi connectivity index (χ3n) is 2.97. The van der Waals surface area contributed by atoms with Gasteiger partial charge in [0.05, 0.1) is 12.8 Å². The van der Waals surface area contributed by atoms with Crippen molar-refractivity contribution in [1.82, 2.24) is 0 Å². The van der Waals surface area contributed by atoms with E-state index in [1.54, 1.807) is 12.1 Å². The molecule has 3 N–H and O–H groups in total. The van der Waals surface area contributed by atoms with E-state index < -0.39 is 20.5 Å². The van der Waals surface area contributed by atoms with E-state index in [4.69, 9.17) is 10.5 Å². The number of nitrogens with one attached hydrogen (secondary N) is 1. The minimum atomic E-state index is -3.51. The molecule has 0 unspecified atom stereocenters. The maximum absolute atomic E-state index is 12.0. The van der Waals surface area contributed by atoms with Crippen LogP contribution in [0.3, 0.4) is 0 Å². The first kappa shape index (κ1) is 15.3. The number of nitrogen functional groups attached to an aromatic ring is 1. The number of carbonyl (C=O) groups is 1. The second-order valence-corrected chi connectivity index (χ2v) is 7.26. The van der Waals surface area contributed by atoms with Crippen molar-refractivity contribution in [1.29, 1.82) is 0 Å². The lowest BCUT2D eigenvalue weighted by molar-refractivity contribution is -0.117. The van der Waals surface area contributed by atoms with E-state index in [-0.39, 0.29) is 0 Å². The maximum Gasteiger partial charge on any atom is 0.245 e. The Bertz CT molecular complexity index is 594. The molecule has 0 heterocycles. The molecule has 6 nitrogen and oxygen atoms in total. The van der Waals surface area contributed by atoms with Gasteiger partial charge in [-0.3, -0.25) is 4.79 Å². The number of methoxy groups -OCH3 is 1. The van der Waals surface area contributed by atoms with Crippen molar-refractivity contribution in [3.05, 3.63) is 18.2 Å². The van der Waals surface area contributed by atoms with E-state index in [1.807, 2.05) is 0 Å². The fourth-order valence-electron chi connectivity index (χ4n) is 1.24. The second kappa shape index (κ2) is 5.08. The molecule has 0 saturated carbocycles. The molecule has 0 aliphatic rings. The topological polar surface area (TPSA) is 98.5 Å². The summed E-state index contributed by atoms with van der Waals surface area (Å²) in [6.45, 7) is 2.71. The van der Waals surface area contributed by atoms with E-state index >= 15 is 0 Å². The standard InChI is InChI=1S/C12H18N2O4S/c1-12(2,19(4,16)17)11(15)14-8-5-6-9(13)10(7-8)18-3/h5-7H,13H2,1-4H3,(H,14,15). The fraction of sp³-hybridized carbons (Fsp3) is 0.417. The Hall–Kier alpha value is -1.76. The SMILES string of the molecule is COc1cc(NC(=O)C(C)(C)S(C)(=O)=O)ccc1N. The van der Waals surface area contributed by atoms with E-state index in [0.29, 0.717) is 17.1 Å². The number of anilines is 2. The summed E-state index contributed by atoms with van der Waals surface area (Å²) in [5, 5.41) is 2.54. The van der Waals surface area contributed by atoms with Crippen molar-refractivity contribution in [2.24, 2.45) is 0 Å². The number of carbonyl (C=O) groups excluding carboxylic acids is 1. The molecule has 1 aromatic rings. The minimum absolute atomic E-state index is 0.412. The number of sulfone groups is 1. The fourth-order valence-corrected chi connectivity index (χ4v) is 1.63. The summed E-state index contributed by atoms with van der Waals surface area (Å²) < 4.78 is 26.6. The molecular weight excluding hydrogens is 268 g/mol. The van der Waals surface area contributed by atoms with Gasteiger partial charge in [-0.25, -0.2) is 8.42 Å². The summed E-state index contributed by atoms with van der Waals surface area (Å²) in [6.07, 6.45) is 1.02. The predicted molar refractivity (Wildman–Crippen MR) is 75.0 cm³/mol. The van der Waals surface area contributed by atoms with Crippen LogP contribution in [0.15, 0.2) is 18.2 Å². The highest BCUT2D eigenvalue weighted by Gasteiger charge is 2.38. The van der Waals surface area contributed by atoms with Crippen LogP contribution in [-0.2, 0) is 14.6 Å². The first-order valence-corrected chi connectivity index (χ1v) is 7.43. The van der Waals surface area contributed by atoms with Gasteiger partial charge in [0.25, 0.3) is 0 Å². The Kier molecular flexibility index (Phi) is 4.09. The zero-order chi connectivity index (χ0) is 14.8. The minimum Gasteiger partial charge on any atom is -0.495 e. The van der Waals surface area contributed by atoms with Gasteiger partial charge in [-0.05, 0) is 26.0 Å². The molecule has 7 heteroatoms. The van der Waals surface area contributed by atoms with E-state index in [0.717, 1.165) is 6.26 Å². The molecular formula is C12H18N2O4S. The van der Waals surface area contributed by atoms with Gasteiger partial charge in [-0.2, -0.15) is 0 Å². The third-order valence-corrected chi connectivity index (χ3v) is 5.00. The average Bonchev–Trinajstić information content (AvgIpc) is 2.30. The molecule has 0 bridgehead atoms. The van der Waals surface area contributed by atoms with Gasteiger partial charge in [-0.15, -0.1) is 0 Å².